The normalized spacial score (nSPS) is 19.8. The van der Waals surface area contributed by atoms with Crippen LogP contribution in [0.5, 0.6) is 0 Å². The molecule has 1 aliphatic rings. The summed E-state index contributed by atoms with van der Waals surface area (Å²) in [5, 5.41) is 0. The predicted molar refractivity (Wildman–Crippen MR) is 67.8 cm³/mol. The van der Waals surface area contributed by atoms with Crippen LogP contribution >= 0.6 is 0 Å². The van der Waals surface area contributed by atoms with Gasteiger partial charge in [0.15, 0.2) is 0 Å². The third kappa shape index (κ3) is 2.91. The maximum absolute atomic E-state index is 12.3. The van der Waals surface area contributed by atoms with E-state index in [9.17, 15) is 4.79 Å². The van der Waals surface area contributed by atoms with Crippen molar-refractivity contribution in [3.05, 3.63) is 29.6 Å². The Balaban J connectivity index is 2.21. The standard InChI is InChI=1S/C14H20N2O/c1-14(2,15)9-12(17)11-7-3-5-10-6-4-8-16-13(10)11/h4,6,8,11H,3,5,7,9,15H2,1-2H3. The van der Waals surface area contributed by atoms with Crippen molar-refractivity contribution in [1.29, 1.82) is 0 Å². The van der Waals surface area contributed by atoms with Crippen LogP contribution in [-0.4, -0.2) is 16.3 Å². The summed E-state index contributed by atoms with van der Waals surface area (Å²) in [6.07, 6.45) is 5.23. The van der Waals surface area contributed by atoms with E-state index in [1.807, 2.05) is 19.9 Å². The van der Waals surface area contributed by atoms with E-state index >= 15 is 0 Å². The summed E-state index contributed by atoms with van der Waals surface area (Å²) in [5.74, 6) is 0.194. The maximum Gasteiger partial charge on any atom is 0.143 e. The molecule has 0 spiro atoms. The number of rotatable bonds is 3. The fraction of sp³-hybridized carbons (Fsp3) is 0.571. The van der Waals surface area contributed by atoms with Crippen molar-refractivity contribution in [3.63, 3.8) is 0 Å². The Bertz CT molecular complexity index is 420. The minimum atomic E-state index is -0.427. The van der Waals surface area contributed by atoms with Crippen LogP contribution in [0.2, 0.25) is 0 Å². The highest BCUT2D eigenvalue weighted by Crippen LogP contribution is 2.32. The number of nitrogens with zero attached hydrogens (tertiary/aromatic N) is 1. The minimum absolute atomic E-state index is 0.0391. The van der Waals surface area contributed by atoms with Crippen LogP contribution in [0.4, 0.5) is 0 Å². The Labute approximate surface area is 102 Å². The average molecular weight is 232 g/mol. The molecule has 92 valence electrons. The summed E-state index contributed by atoms with van der Waals surface area (Å²) in [5.41, 5.74) is 7.70. The first-order valence-electron chi connectivity index (χ1n) is 6.23. The van der Waals surface area contributed by atoms with E-state index in [0.29, 0.717) is 6.42 Å². The fourth-order valence-corrected chi connectivity index (χ4v) is 2.50. The van der Waals surface area contributed by atoms with Gasteiger partial charge in [-0.2, -0.15) is 0 Å². The number of aryl methyl sites for hydroxylation is 1. The van der Waals surface area contributed by atoms with Gasteiger partial charge in [-0.3, -0.25) is 9.78 Å². The molecule has 17 heavy (non-hydrogen) atoms. The molecule has 0 aliphatic heterocycles. The molecule has 1 aliphatic carbocycles. The third-order valence-corrected chi connectivity index (χ3v) is 3.21. The van der Waals surface area contributed by atoms with Gasteiger partial charge in [0.2, 0.25) is 0 Å². The van der Waals surface area contributed by atoms with Crippen molar-refractivity contribution in [3.8, 4) is 0 Å². The molecule has 0 radical (unpaired) electrons. The number of nitrogens with two attached hydrogens (primary N) is 1. The van der Waals surface area contributed by atoms with Gasteiger partial charge in [0.25, 0.3) is 0 Å². The number of Topliss-reactive ketones (excluding diaryl/α,β-unsaturated/α-hetero) is 1. The van der Waals surface area contributed by atoms with E-state index in [0.717, 1.165) is 25.0 Å². The summed E-state index contributed by atoms with van der Waals surface area (Å²) in [6, 6.07) is 4.02. The fourth-order valence-electron chi connectivity index (χ4n) is 2.50. The van der Waals surface area contributed by atoms with Crippen molar-refractivity contribution < 1.29 is 4.79 Å². The summed E-state index contributed by atoms with van der Waals surface area (Å²) in [4.78, 5) is 16.6. The monoisotopic (exact) mass is 232 g/mol. The first-order valence-corrected chi connectivity index (χ1v) is 6.23. The number of carbonyl (C=O) groups is 1. The molecule has 2 N–H and O–H groups in total. The number of fused-ring (bicyclic) bond motifs is 1. The number of pyridine rings is 1. The van der Waals surface area contributed by atoms with Gasteiger partial charge < -0.3 is 5.73 Å². The lowest BCUT2D eigenvalue weighted by Crippen LogP contribution is -2.36. The Morgan fingerprint density at radius 3 is 3.06 bits per heavy atom. The molecule has 0 saturated heterocycles. The Kier molecular flexibility index (Phi) is 3.29. The zero-order chi connectivity index (χ0) is 12.5. The average Bonchev–Trinajstić information content (AvgIpc) is 2.26. The molecule has 0 aromatic carbocycles. The van der Waals surface area contributed by atoms with Gasteiger partial charge in [-0.1, -0.05) is 6.07 Å². The highest BCUT2D eigenvalue weighted by molar-refractivity contribution is 5.86. The first kappa shape index (κ1) is 12.2. The first-order chi connectivity index (χ1) is 7.97. The van der Waals surface area contributed by atoms with E-state index in [1.54, 1.807) is 6.20 Å². The lowest BCUT2D eigenvalue weighted by atomic mass is 9.81. The van der Waals surface area contributed by atoms with Crippen molar-refractivity contribution in [2.24, 2.45) is 5.73 Å². The Hall–Kier alpha value is -1.22. The van der Waals surface area contributed by atoms with Crippen LogP contribution in [0.1, 0.15) is 50.3 Å². The lowest BCUT2D eigenvalue weighted by molar-refractivity contribution is -0.121. The molecular formula is C14H20N2O. The lowest BCUT2D eigenvalue weighted by Gasteiger charge is -2.26. The van der Waals surface area contributed by atoms with Gasteiger partial charge in [-0.15, -0.1) is 0 Å². The summed E-state index contributed by atoms with van der Waals surface area (Å²) in [6.45, 7) is 3.79. The highest BCUT2D eigenvalue weighted by atomic mass is 16.1. The van der Waals surface area contributed by atoms with E-state index in [4.69, 9.17) is 5.73 Å². The zero-order valence-corrected chi connectivity index (χ0v) is 10.6. The van der Waals surface area contributed by atoms with E-state index in [1.165, 1.54) is 5.56 Å². The predicted octanol–water partition coefficient (Wildman–Crippen LogP) is 2.20. The van der Waals surface area contributed by atoms with Crippen molar-refractivity contribution in [2.45, 2.75) is 51.0 Å². The Morgan fingerprint density at radius 1 is 1.59 bits per heavy atom. The van der Waals surface area contributed by atoms with E-state index < -0.39 is 5.54 Å². The van der Waals surface area contributed by atoms with Crippen molar-refractivity contribution in [2.75, 3.05) is 0 Å². The second-order valence-electron chi connectivity index (χ2n) is 5.62. The SMILES string of the molecule is CC(C)(N)CC(=O)C1CCCc2cccnc21. The molecule has 3 heteroatoms. The van der Waals surface area contributed by atoms with Crippen LogP contribution in [-0.2, 0) is 11.2 Å². The highest BCUT2D eigenvalue weighted by Gasteiger charge is 2.29. The molecule has 0 fully saturated rings. The molecule has 1 aromatic heterocycles. The zero-order valence-electron chi connectivity index (χ0n) is 10.6. The van der Waals surface area contributed by atoms with E-state index in [2.05, 4.69) is 11.1 Å². The second-order valence-corrected chi connectivity index (χ2v) is 5.62. The number of ketones is 1. The molecule has 0 bridgehead atoms. The summed E-state index contributed by atoms with van der Waals surface area (Å²) >= 11 is 0. The van der Waals surface area contributed by atoms with Crippen LogP contribution in [0, 0.1) is 0 Å². The summed E-state index contributed by atoms with van der Waals surface area (Å²) in [7, 11) is 0. The molecule has 3 nitrogen and oxygen atoms in total. The van der Waals surface area contributed by atoms with Crippen molar-refractivity contribution in [1.82, 2.24) is 4.98 Å². The van der Waals surface area contributed by atoms with Crippen LogP contribution in [0.3, 0.4) is 0 Å². The molecular weight excluding hydrogens is 212 g/mol. The third-order valence-electron chi connectivity index (χ3n) is 3.21. The van der Waals surface area contributed by atoms with Gasteiger partial charge in [0, 0.05) is 18.2 Å². The quantitative estimate of drug-likeness (QED) is 0.869. The van der Waals surface area contributed by atoms with Gasteiger partial charge in [-0.05, 0) is 44.7 Å². The minimum Gasteiger partial charge on any atom is -0.325 e. The van der Waals surface area contributed by atoms with Crippen LogP contribution in [0.15, 0.2) is 18.3 Å². The molecule has 2 rings (SSSR count). The molecule has 0 saturated carbocycles. The number of carbonyl (C=O) groups excluding carboxylic acids is 1. The van der Waals surface area contributed by atoms with Crippen LogP contribution in [0.25, 0.3) is 0 Å². The van der Waals surface area contributed by atoms with Crippen LogP contribution < -0.4 is 5.73 Å². The van der Waals surface area contributed by atoms with Gasteiger partial charge >= 0.3 is 0 Å². The topological polar surface area (TPSA) is 56.0 Å². The largest absolute Gasteiger partial charge is 0.325 e. The molecule has 0 amide bonds. The summed E-state index contributed by atoms with van der Waals surface area (Å²) < 4.78 is 0. The van der Waals surface area contributed by atoms with E-state index in [-0.39, 0.29) is 11.7 Å². The molecule has 1 atom stereocenters. The van der Waals surface area contributed by atoms with Gasteiger partial charge in [-0.25, -0.2) is 0 Å². The number of aromatic nitrogens is 1. The number of hydrogen-bond acceptors (Lipinski definition) is 3. The van der Waals surface area contributed by atoms with Gasteiger partial charge in [0.05, 0.1) is 11.6 Å². The maximum atomic E-state index is 12.3. The molecule has 1 heterocycles. The van der Waals surface area contributed by atoms with Gasteiger partial charge in [0.1, 0.15) is 5.78 Å². The number of hydrogen-bond donors (Lipinski definition) is 1. The second kappa shape index (κ2) is 4.57. The smallest absolute Gasteiger partial charge is 0.143 e. The van der Waals surface area contributed by atoms with Crippen molar-refractivity contribution >= 4 is 5.78 Å². The molecule has 1 aromatic rings. The molecule has 1 unspecified atom stereocenters. The Morgan fingerprint density at radius 2 is 2.35 bits per heavy atom.